The largest absolute Gasteiger partial charge is 0.280 e. The van der Waals surface area contributed by atoms with Gasteiger partial charge in [-0.15, -0.1) is 0 Å². The van der Waals surface area contributed by atoms with Crippen LogP contribution in [0.1, 0.15) is 37.5 Å². The van der Waals surface area contributed by atoms with Crippen molar-refractivity contribution in [3.8, 4) is 0 Å². The lowest BCUT2D eigenvalue weighted by Crippen LogP contribution is -2.35. The highest BCUT2D eigenvalue weighted by atomic mass is 32.2. The number of aryl methyl sites for hydroxylation is 1. The SMILES string of the molecule is Cc1ccc(S(=O)(=O)N/C=C(/c2ccc(C(C)(C)C)cc2)[n+]2cccc3ccccc32)cc1. The van der Waals surface area contributed by atoms with Crippen LogP contribution in [0.4, 0.5) is 0 Å². The van der Waals surface area contributed by atoms with Gasteiger partial charge in [0.2, 0.25) is 11.2 Å². The summed E-state index contributed by atoms with van der Waals surface area (Å²) in [6.07, 6.45) is 3.53. The number of aromatic nitrogens is 1. The van der Waals surface area contributed by atoms with Crippen LogP contribution in [0.15, 0.2) is 102 Å². The predicted molar refractivity (Wildman–Crippen MR) is 134 cm³/mol. The van der Waals surface area contributed by atoms with Crippen molar-refractivity contribution in [1.29, 1.82) is 0 Å². The standard InChI is InChI=1S/C28H29N2O2S/c1-21-11-17-25(18-12-21)33(31,32)29-20-27(23-13-15-24(16-14-23)28(2,3)4)30-19-7-9-22-8-5-6-10-26(22)30/h5-20,29H,1-4H3/q+1/b27-20-. The Balaban J connectivity index is 1.83. The first kappa shape index (κ1) is 22.7. The Bertz CT molecular complexity index is 1410. The van der Waals surface area contributed by atoms with Gasteiger partial charge in [-0.2, -0.15) is 4.57 Å². The van der Waals surface area contributed by atoms with Crippen LogP contribution in [0, 0.1) is 6.92 Å². The maximum absolute atomic E-state index is 13.0. The van der Waals surface area contributed by atoms with E-state index in [0.717, 1.165) is 27.7 Å². The summed E-state index contributed by atoms with van der Waals surface area (Å²) in [5, 5.41) is 1.07. The first-order valence-corrected chi connectivity index (χ1v) is 12.4. The fraction of sp³-hybridized carbons (Fsp3) is 0.179. The second-order valence-electron chi connectivity index (χ2n) is 9.23. The molecule has 0 fully saturated rings. The van der Waals surface area contributed by atoms with Gasteiger partial charge in [-0.25, -0.2) is 8.42 Å². The number of fused-ring (bicyclic) bond motifs is 1. The molecule has 0 aliphatic rings. The van der Waals surface area contributed by atoms with Gasteiger partial charge in [-0.1, -0.05) is 62.7 Å². The molecule has 33 heavy (non-hydrogen) atoms. The Morgan fingerprint density at radius 1 is 0.848 bits per heavy atom. The predicted octanol–water partition coefficient (Wildman–Crippen LogP) is 5.56. The molecule has 5 heteroatoms. The van der Waals surface area contributed by atoms with Crippen LogP contribution in [0.25, 0.3) is 16.6 Å². The van der Waals surface area contributed by atoms with E-state index < -0.39 is 10.0 Å². The molecule has 4 aromatic rings. The highest BCUT2D eigenvalue weighted by Gasteiger charge is 2.21. The molecule has 1 N–H and O–H groups in total. The number of para-hydroxylation sites is 1. The Labute approximate surface area is 196 Å². The molecule has 0 aliphatic carbocycles. The van der Waals surface area contributed by atoms with Gasteiger partial charge < -0.3 is 0 Å². The van der Waals surface area contributed by atoms with Crippen molar-refractivity contribution in [3.05, 3.63) is 114 Å². The molecule has 0 radical (unpaired) electrons. The number of hydrogen-bond acceptors (Lipinski definition) is 2. The summed E-state index contributed by atoms with van der Waals surface area (Å²) in [5.74, 6) is 0. The van der Waals surface area contributed by atoms with Gasteiger partial charge in [0.05, 0.1) is 11.1 Å². The fourth-order valence-corrected chi connectivity index (χ4v) is 4.62. The minimum absolute atomic E-state index is 0.0298. The minimum Gasteiger partial charge on any atom is -0.280 e. The summed E-state index contributed by atoms with van der Waals surface area (Å²) in [7, 11) is -3.71. The molecule has 4 rings (SSSR count). The third kappa shape index (κ3) is 4.99. The van der Waals surface area contributed by atoms with Gasteiger partial charge >= 0.3 is 0 Å². The number of nitrogens with one attached hydrogen (secondary N) is 1. The highest BCUT2D eigenvalue weighted by molar-refractivity contribution is 7.89. The number of benzene rings is 3. The summed E-state index contributed by atoms with van der Waals surface area (Å²) in [5.41, 5.74) is 4.89. The quantitative estimate of drug-likeness (QED) is 0.399. The molecule has 1 aromatic heterocycles. The van der Waals surface area contributed by atoms with Crippen molar-refractivity contribution in [1.82, 2.24) is 4.72 Å². The van der Waals surface area contributed by atoms with E-state index in [1.165, 1.54) is 5.56 Å². The molecule has 0 spiro atoms. The van der Waals surface area contributed by atoms with E-state index in [1.54, 1.807) is 30.5 Å². The summed E-state index contributed by atoms with van der Waals surface area (Å²) in [4.78, 5) is 0.231. The molecule has 168 valence electrons. The molecule has 0 unspecified atom stereocenters. The molecule has 1 heterocycles. The van der Waals surface area contributed by atoms with Gasteiger partial charge in [0.1, 0.15) is 0 Å². The van der Waals surface area contributed by atoms with Crippen LogP contribution in [-0.2, 0) is 15.4 Å². The van der Waals surface area contributed by atoms with E-state index in [4.69, 9.17) is 0 Å². The molecule has 4 nitrogen and oxygen atoms in total. The van der Waals surface area contributed by atoms with Crippen molar-refractivity contribution in [2.24, 2.45) is 0 Å². The normalized spacial score (nSPS) is 12.7. The molecule has 0 atom stereocenters. The van der Waals surface area contributed by atoms with E-state index in [-0.39, 0.29) is 10.3 Å². The van der Waals surface area contributed by atoms with E-state index in [2.05, 4.69) is 37.6 Å². The summed E-state index contributed by atoms with van der Waals surface area (Å²) in [6.45, 7) is 8.45. The second kappa shape index (κ2) is 8.83. The van der Waals surface area contributed by atoms with E-state index in [1.807, 2.05) is 66.2 Å². The zero-order chi connectivity index (χ0) is 23.6. The van der Waals surface area contributed by atoms with Gasteiger partial charge in [-0.05, 0) is 54.3 Å². The smallest absolute Gasteiger partial charge is 0.261 e. The average Bonchev–Trinajstić information content (AvgIpc) is 2.79. The van der Waals surface area contributed by atoms with E-state index in [0.29, 0.717) is 0 Å². The molecular weight excluding hydrogens is 428 g/mol. The molecule has 0 saturated heterocycles. The van der Waals surface area contributed by atoms with E-state index >= 15 is 0 Å². The minimum atomic E-state index is -3.71. The zero-order valence-electron chi connectivity index (χ0n) is 19.4. The van der Waals surface area contributed by atoms with Crippen LogP contribution >= 0.6 is 0 Å². The second-order valence-corrected chi connectivity index (χ2v) is 10.9. The highest BCUT2D eigenvalue weighted by Crippen LogP contribution is 2.24. The van der Waals surface area contributed by atoms with Gasteiger partial charge in [0.25, 0.3) is 10.0 Å². The van der Waals surface area contributed by atoms with Crippen LogP contribution in [-0.4, -0.2) is 8.42 Å². The molecule has 0 bridgehead atoms. The van der Waals surface area contributed by atoms with Gasteiger partial charge in [0.15, 0.2) is 6.20 Å². The summed E-state index contributed by atoms with van der Waals surface area (Å²) < 4.78 is 30.7. The number of nitrogens with zero attached hydrogens (tertiary/aromatic N) is 1. The topological polar surface area (TPSA) is 50.1 Å². The Morgan fingerprint density at radius 3 is 2.15 bits per heavy atom. The Hall–Kier alpha value is -3.44. The number of pyridine rings is 1. The average molecular weight is 458 g/mol. The lowest BCUT2D eigenvalue weighted by molar-refractivity contribution is -0.550. The van der Waals surface area contributed by atoms with Gasteiger partial charge in [0, 0.05) is 23.1 Å². The lowest BCUT2D eigenvalue weighted by Gasteiger charge is -2.19. The third-order valence-electron chi connectivity index (χ3n) is 5.70. The first-order chi connectivity index (χ1) is 15.6. The maximum atomic E-state index is 13.0. The Morgan fingerprint density at radius 2 is 1.48 bits per heavy atom. The van der Waals surface area contributed by atoms with Crippen molar-refractivity contribution in [2.45, 2.75) is 38.0 Å². The molecule has 3 aromatic carbocycles. The number of rotatable bonds is 5. The number of sulfonamides is 1. The molecule has 0 amide bonds. The van der Waals surface area contributed by atoms with Crippen molar-refractivity contribution in [2.75, 3.05) is 0 Å². The molecule has 0 aliphatic heterocycles. The van der Waals surface area contributed by atoms with Crippen LogP contribution in [0.3, 0.4) is 0 Å². The lowest BCUT2D eigenvalue weighted by atomic mass is 9.86. The Kier molecular flexibility index (Phi) is 6.09. The fourth-order valence-electron chi connectivity index (χ4n) is 3.72. The number of hydrogen-bond donors (Lipinski definition) is 1. The van der Waals surface area contributed by atoms with Crippen LogP contribution in [0.5, 0.6) is 0 Å². The summed E-state index contributed by atoms with van der Waals surface area (Å²) in [6, 6.07) is 27.2. The van der Waals surface area contributed by atoms with Gasteiger partial charge in [-0.3, -0.25) is 4.72 Å². The van der Waals surface area contributed by atoms with Crippen molar-refractivity contribution < 1.29 is 13.0 Å². The zero-order valence-corrected chi connectivity index (χ0v) is 20.2. The first-order valence-electron chi connectivity index (χ1n) is 10.9. The van der Waals surface area contributed by atoms with Crippen molar-refractivity contribution in [3.63, 3.8) is 0 Å². The maximum Gasteiger partial charge on any atom is 0.261 e. The van der Waals surface area contributed by atoms with Crippen LogP contribution in [0.2, 0.25) is 0 Å². The van der Waals surface area contributed by atoms with Crippen molar-refractivity contribution >= 4 is 26.6 Å². The molecular formula is C28H29N2O2S+. The third-order valence-corrected chi connectivity index (χ3v) is 7.02. The summed E-state index contributed by atoms with van der Waals surface area (Å²) >= 11 is 0. The van der Waals surface area contributed by atoms with E-state index in [9.17, 15) is 8.42 Å². The monoisotopic (exact) mass is 457 g/mol. The van der Waals surface area contributed by atoms with Crippen LogP contribution < -0.4 is 9.29 Å². The molecule has 0 saturated carbocycles.